The van der Waals surface area contributed by atoms with Gasteiger partial charge in [-0.1, -0.05) is 6.07 Å². The monoisotopic (exact) mass is 292 g/mol. The largest absolute Gasteiger partial charge is 0.481 e. The van der Waals surface area contributed by atoms with Crippen LogP contribution in [-0.2, 0) is 6.54 Å². The van der Waals surface area contributed by atoms with Crippen LogP contribution in [0.1, 0.15) is 29.7 Å². The predicted octanol–water partition coefficient (Wildman–Crippen LogP) is 3.53. The minimum absolute atomic E-state index is 0.304. The fraction of sp³-hybridized carbons (Fsp3) is 0.312. The summed E-state index contributed by atoms with van der Waals surface area (Å²) < 4.78 is 32.4. The predicted molar refractivity (Wildman–Crippen MR) is 77.1 cm³/mol. The highest BCUT2D eigenvalue weighted by molar-refractivity contribution is 5.27. The highest BCUT2D eigenvalue weighted by Gasteiger charge is 2.13. The van der Waals surface area contributed by atoms with Crippen molar-refractivity contribution >= 4 is 0 Å². The van der Waals surface area contributed by atoms with Gasteiger partial charge in [0, 0.05) is 30.4 Å². The molecule has 1 N–H and O–H groups in total. The molecule has 0 saturated heterocycles. The van der Waals surface area contributed by atoms with Gasteiger partial charge in [-0.2, -0.15) is 0 Å². The van der Waals surface area contributed by atoms with E-state index in [1.165, 1.54) is 12.1 Å². The van der Waals surface area contributed by atoms with Crippen molar-refractivity contribution in [3.05, 3.63) is 58.8 Å². The van der Waals surface area contributed by atoms with Crippen molar-refractivity contribution in [3.63, 3.8) is 0 Å². The van der Waals surface area contributed by atoms with Crippen LogP contribution in [0, 0.1) is 18.6 Å². The van der Waals surface area contributed by atoms with E-state index in [9.17, 15) is 8.78 Å². The number of aryl methyl sites for hydroxylation is 1. The van der Waals surface area contributed by atoms with Gasteiger partial charge in [-0.05, 0) is 37.1 Å². The smallest absolute Gasteiger partial charge is 0.212 e. The number of nitrogens with zero attached hydrogens (tertiary/aromatic N) is 1. The molecule has 2 aromatic rings. The van der Waals surface area contributed by atoms with Crippen LogP contribution >= 0.6 is 0 Å². The zero-order valence-corrected chi connectivity index (χ0v) is 12.3. The molecule has 3 nitrogen and oxygen atoms in total. The average Bonchev–Trinajstić information content (AvgIpc) is 2.49. The molecule has 1 heterocycles. The van der Waals surface area contributed by atoms with E-state index in [0.29, 0.717) is 23.6 Å². The Hall–Kier alpha value is -2.01. The van der Waals surface area contributed by atoms with E-state index in [0.717, 1.165) is 5.56 Å². The summed E-state index contributed by atoms with van der Waals surface area (Å²) in [6.45, 7) is 3.85. The maximum absolute atomic E-state index is 13.9. The first-order chi connectivity index (χ1) is 10.0. The van der Waals surface area contributed by atoms with Crippen LogP contribution < -0.4 is 10.1 Å². The Morgan fingerprint density at radius 1 is 1.24 bits per heavy atom. The summed E-state index contributed by atoms with van der Waals surface area (Å²) in [6, 6.07) is 5.79. The lowest BCUT2D eigenvalue weighted by molar-refractivity contribution is 0.397. The number of hydrogen-bond acceptors (Lipinski definition) is 3. The lowest BCUT2D eigenvalue weighted by Crippen LogP contribution is -2.19. The molecule has 0 fully saturated rings. The second-order valence-corrected chi connectivity index (χ2v) is 4.93. The second kappa shape index (κ2) is 6.63. The zero-order valence-electron chi connectivity index (χ0n) is 12.3. The summed E-state index contributed by atoms with van der Waals surface area (Å²) in [5.74, 6) is -0.258. The van der Waals surface area contributed by atoms with Gasteiger partial charge >= 0.3 is 0 Å². The summed E-state index contributed by atoms with van der Waals surface area (Å²) in [6.07, 6.45) is 1.69. The van der Waals surface area contributed by atoms with Crippen LogP contribution in [0.2, 0.25) is 0 Å². The first kappa shape index (κ1) is 15.4. The van der Waals surface area contributed by atoms with Gasteiger partial charge in [0.2, 0.25) is 5.88 Å². The van der Waals surface area contributed by atoms with Gasteiger partial charge < -0.3 is 10.1 Å². The SMILES string of the molecule is COc1ccc(CNC(C)c2cc(F)c(C)cc2F)cn1. The summed E-state index contributed by atoms with van der Waals surface area (Å²) in [7, 11) is 1.55. The lowest BCUT2D eigenvalue weighted by atomic mass is 10.0. The summed E-state index contributed by atoms with van der Waals surface area (Å²) >= 11 is 0. The van der Waals surface area contributed by atoms with E-state index in [2.05, 4.69) is 10.3 Å². The van der Waals surface area contributed by atoms with Gasteiger partial charge in [0.05, 0.1) is 7.11 Å². The van der Waals surface area contributed by atoms with Crippen molar-refractivity contribution in [2.75, 3.05) is 7.11 Å². The number of halogens is 2. The van der Waals surface area contributed by atoms with Crippen molar-refractivity contribution in [1.29, 1.82) is 0 Å². The highest BCUT2D eigenvalue weighted by Crippen LogP contribution is 2.21. The topological polar surface area (TPSA) is 34.1 Å². The number of ether oxygens (including phenoxy) is 1. The number of benzene rings is 1. The average molecular weight is 292 g/mol. The van der Waals surface area contributed by atoms with Gasteiger partial charge in [-0.15, -0.1) is 0 Å². The fourth-order valence-corrected chi connectivity index (χ4v) is 2.01. The molecule has 0 aliphatic heterocycles. The molecule has 0 spiro atoms. The van der Waals surface area contributed by atoms with Crippen molar-refractivity contribution in [1.82, 2.24) is 10.3 Å². The zero-order chi connectivity index (χ0) is 15.4. The maximum atomic E-state index is 13.9. The molecule has 1 aromatic carbocycles. The van der Waals surface area contributed by atoms with E-state index >= 15 is 0 Å². The molecule has 0 bridgehead atoms. The molecule has 1 unspecified atom stereocenters. The number of pyridine rings is 1. The Labute approximate surface area is 123 Å². The first-order valence-corrected chi connectivity index (χ1v) is 6.69. The number of aromatic nitrogens is 1. The Morgan fingerprint density at radius 3 is 2.62 bits per heavy atom. The van der Waals surface area contributed by atoms with Gasteiger partial charge in [0.25, 0.3) is 0 Å². The van der Waals surface area contributed by atoms with Crippen molar-refractivity contribution in [2.45, 2.75) is 26.4 Å². The third-order valence-corrected chi connectivity index (χ3v) is 3.36. The van der Waals surface area contributed by atoms with E-state index in [1.807, 2.05) is 6.07 Å². The number of methoxy groups -OCH3 is 1. The molecule has 1 atom stereocenters. The molecule has 2 rings (SSSR count). The summed E-state index contributed by atoms with van der Waals surface area (Å²) in [5, 5.41) is 3.15. The number of hydrogen-bond donors (Lipinski definition) is 1. The standard InChI is InChI=1S/C16H18F2N2O/c1-10-6-15(18)13(7-14(10)17)11(2)19-8-12-4-5-16(21-3)20-9-12/h4-7,9,11,19H,8H2,1-3H3. The van der Waals surface area contributed by atoms with Gasteiger partial charge in [0.1, 0.15) is 11.6 Å². The minimum atomic E-state index is -0.401. The Kier molecular flexibility index (Phi) is 4.85. The van der Waals surface area contributed by atoms with Crippen LogP contribution in [0.15, 0.2) is 30.5 Å². The van der Waals surface area contributed by atoms with E-state index in [4.69, 9.17) is 4.74 Å². The Bertz CT molecular complexity index is 614. The van der Waals surface area contributed by atoms with Gasteiger partial charge in [-0.25, -0.2) is 13.8 Å². The normalized spacial score (nSPS) is 12.2. The molecule has 0 saturated carbocycles. The maximum Gasteiger partial charge on any atom is 0.212 e. The van der Waals surface area contributed by atoms with Gasteiger partial charge in [-0.3, -0.25) is 0 Å². The molecule has 5 heteroatoms. The minimum Gasteiger partial charge on any atom is -0.481 e. The van der Waals surface area contributed by atoms with Crippen LogP contribution in [0.3, 0.4) is 0 Å². The van der Waals surface area contributed by atoms with E-state index < -0.39 is 11.6 Å². The highest BCUT2D eigenvalue weighted by atomic mass is 19.1. The van der Waals surface area contributed by atoms with Crippen molar-refractivity contribution < 1.29 is 13.5 Å². The Morgan fingerprint density at radius 2 is 2.00 bits per heavy atom. The summed E-state index contributed by atoms with van der Waals surface area (Å²) in [4.78, 5) is 4.09. The molecular formula is C16H18F2N2O. The lowest BCUT2D eigenvalue weighted by Gasteiger charge is -2.16. The van der Waals surface area contributed by atoms with Crippen LogP contribution in [0.25, 0.3) is 0 Å². The van der Waals surface area contributed by atoms with E-state index in [1.54, 1.807) is 33.2 Å². The van der Waals surface area contributed by atoms with Crippen LogP contribution in [-0.4, -0.2) is 12.1 Å². The number of nitrogens with one attached hydrogen (secondary N) is 1. The van der Waals surface area contributed by atoms with Crippen LogP contribution in [0.5, 0.6) is 5.88 Å². The third-order valence-electron chi connectivity index (χ3n) is 3.36. The molecule has 0 aliphatic rings. The first-order valence-electron chi connectivity index (χ1n) is 6.69. The molecule has 0 aliphatic carbocycles. The molecule has 21 heavy (non-hydrogen) atoms. The molecule has 112 valence electrons. The van der Waals surface area contributed by atoms with Crippen molar-refractivity contribution in [2.24, 2.45) is 0 Å². The Balaban J connectivity index is 2.04. The van der Waals surface area contributed by atoms with Crippen molar-refractivity contribution in [3.8, 4) is 5.88 Å². The third kappa shape index (κ3) is 3.76. The second-order valence-electron chi connectivity index (χ2n) is 4.93. The fourth-order valence-electron chi connectivity index (χ4n) is 2.01. The molecule has 0 radical (unpaired) electrons. The van der Waals surface area contributed by atoms with Crippen LogP contribution in [0.4, 0.5) is 8.78 Å². The van der Waals surface area contributed by atoms with Gasteiger partial charge in [0.15, 0.2) is 0 Å². The van der Waals surface area contributed by atoms with E-state index in [-0.39, 0.29) is 6.04 Å². The molecular weight excluding hydrogens is 274 g/mol. The molecule has 0 amide bonds. The quantitative estimate of drug-likeness (QED) is 0.915. The molecule has 1 aromatic heterocycles. The summed E-state index contributed by atoms with van der Waals surface area (Å²) in [5.41, 5.74) is 1.57. The number of rotatable bonds is 5.